The number of hydrogen-bond donors (Lipinski definition) is 1. The molecule has 0 unspecified atom stereocenters. The number of hydrogen-bond acceptors (Lipinski definition) is 5. The Morgan fingerprint density at radius 2 is 2.29 bits per heavy atom. The highest BCUT2D eigenvalue weighted by molar-refractivity contribution is 9.10. The van der Waals surface area contributed by atoms with Gasteiger partial charge in [-0.2, -0.15) is 10.2 Å². The van der Waals surface area contributed by atoms with E-state index in [-0.39, 0.29) is 5.95 Å². The monoisotopic (exact) mass is 309 g/mol. The zero-order valence-electron chi connectivity index (χ0n) is 8.88. The Balaban J connectivity index is 2.68. The number of halogens is 1. The molecule has 0 saturated carbocycles. The summed E-state index contributed by atoms with van der Waals surface area (Å²) >= 11 is 4.77. The molecule has 2 aromatic rings. The summed E-state index contributed by atoms with van der Waals surface area (Å²) in [5.74, 6) is 0.162. The zero-order chi connectivity index (χ0) is 12.4. The third kappa shape index (κ3) is 2.14. The maximum absolute atomic E-state index is 9.22. The van der Waals surface area contributed by atoms with Crippen LogP contribution < -0.4 is 5.73 Å². The van der Waals surface area contributed by atoms with Crippen molar-refractivity contribution in [1.82, 2.24) is 14.8 Å². The molecule has 0 saturated heterocycles. The Labute approximate surface area is 111 Å². The molecule has 0 aliphatic heterocycles. The summed E-state index contributed by atoms with van der Waals surface area (Å²) in [6.45, 7) is 0. The van der Waals surface area contributed by atoms with Crippen LogP contribution in [0.25, 0.3) is 5.69 Å². The van der Waals surface area contributed by atoms with E-state index >= 15 is 0 Å². The fourth-order valence-electron chi connectivity index (χ4n) is 1.44. The number of nitrogens with two attached hydrogens (primary N) is 1. The van der Waals surface area contributed by atoms with Gasteiger partial charge < -0.3 is 5.73 Å². The molecule has 2 N–H and O–H groups in total. The molecule has 86 valence electrons. The minimum absolute atomic E-state index is 0.162. The summed E-state index contributed by atoms with van der Waals surface area (Å²) in [5.41, 5.74) is 6.74. The Kier molecular flexibility index (Phi) is 3.36. The van der Waals surface area contributed by atoms with Crippen LogP contribution in [0, 0.1) is 11.3 Å². The van der Waals surface area contributed by atoms with Gasteiger partial charge in [-0.15, -0.1) is 16.9 Å². The molecule has 1 heterocycles. The molecule has 0 bridgehead atoms. The van der Waals surface area contributed by atoms with Crippen LogP contribution in [0.1, 0.15) is 5.56 Å². The Morgan fingerprint density at radius 3 is 2.82 bits per heavy atom. The maximum atomic E-state index is 9.22. The lowest BCUT2D eigenvalue weighted by Gasteiger charge is -2.07. The molecule has 7 heteroatoms. The van der Waals surface area contributed by atoms with Crippen molar-refractivity contribution in [3.05, 3.63) is 28.5 Å². The van der Waals surface area contributed by atoms with E-state index in [4.69, 9.17) is 5.73 Å². The number of nitrogen functional groups attached to an aromatic ring is 1. The van der Waals surface area contributed by atoms with Crippen molar-refractivity contribution in [3.63, 3.8) is 0 Å². The summed E-state index contributed by atoms with van der Waals surface area (Å²) < 4.78 is 1.98. The number of anilines is 1. The van der Waals surface area contributed by atoms with Crippen LogP contribution in [-0.2, 0) is 0 Å². The second-order valence-electron chi connectivity index (χ2n) is 3.12. The quantitative estimate of drug-likeness (QED) is 0.860. The lowest BCUT2D eigenvalue weighted by molar-refractivity contribution is 0.853. The van der Waals surface area contributed by atoms with E-state index in [9.17, 15) is 5.26 Å². The van der Waals surface area contributed by atoms with Gasteiger partial charge in [0, 0.05) is 4.90 Å². The topological polar surface area (TPSA) is 80.5 Å². The number of nitriles is 1. The predicted molar refractivity (Wildman–Crippen MR) is 70.0 cm³/mol. The van der Waals surface area contributed by atoms with Gasteiger partial charge in [-0.3, -0.25) is 0 Å². The molecule has 0 spiro atoms. The van der Waals surface area contributed by atoms with Crippen molar-refractivity contribution < 1.29 is 0 Å². The van der Waals surface area contributed by atoms with E-state index in [2.05, 4.69) is 32.1 Å². The lowest BCUT2D eigenvalue weighted by atomic mass is 10.2. The average molecular weight is 310 g/mol. The molecule has 0 fully saturated rings. The number of nitrogens with zero attached hydrogens (tertiary/aromatic N) is 4. The Hall–Kier alpha value is -1.52. The fraction of sp³-hybridized carbons (Fsp3) is 0.100. The van der Waals surface area contributed by atoms with Gasteiger partial charge >= 0.3 is 0 Å². The number of aromatic nitrogens is 3. The average Bonchev–Trinajstić information content (AvgIpc) is 2.67. The van der Waals surface area contributed by atoms with Crippen molar-refractivity contribution in [2.75, 3.05) is 12.0 Å². The van der Waals surface area contributed by atoms with E-state index in [1.807, 2.05) is 18.4 Å². The van der Waals surface area contributed by atoms with Crippen LogP contribution >= 0.6 is 27.7 Å². The van der Waals surface area contributed by atoms with Crippen LogP contribution in [0.4, 0.5) is 5.95 Å². The second kappa shape index (κ2) is 4.77. The fourth-order valence-corrected chi connectivity index (χ4v) is 2.46. The molecule has 0 amide bonds. The van der Waals surface area contributed by atoms with Gasteiger partial charge in [0.2, 0.25) is 10.7 Å². The Morgan fingerprint density at radius 1 is 1.53 bits per heavy atom. The van der Waals surface area contributed by atoms with Crippen LogP contribution in [0.15, 0.2) is 27.8 Å². The lowest BCUT2D eigenvalue weighted by Crippen LogP contribution is -2.01. The van der Waals surface area contributed by atoms with Gasteiger partial charge in [0.15, 0.2) is 0 Å². The number of rotatable bonds is 2. The molecule has 5 nitrogen and oxygen atoms in total. The molecule has 0 radical (unpaired) electrons. The zero-order valence-corrected chi connectivity index (χ0v) is 11.3. The third-order valence-electron chi connectivity index (χ3n) is 2.15. The summed E-state index contributed by atoms with van der Waals surface area (Å²) in [6, 6.07) is 7.74. The number of benzene rings is 1. The first-order valence-electron chi connectivity index (χ1n) is 4.63. The van der Waals surface area contributed by atoms with Gasteiger partial charge in [-0.25, -0.2) is 4.68 Å². The van der Waals surface area contributed by atoms with Crippen molar-refractivity contribution in [2.45, 2.75) is 4.90 Å². The minimum Gasteiger partial charge on any atom is -0.366 e. The summed E-state index contributed by atoms with van der Waals surface area (Å²) in [6.07, 6.45) is 1.92. The predicted octanol–water partition coefficient (Wildman–Crippen LogP) is 2.21. The van der Waals surface area contributed by atoms with Crippen molar-refractivity contribution in [2.24, 2.45) is 0 Å². The van der Waals surface area contributed by atoms with Crippen molar-refractivity contribution >= 4 is 33.6 Å². The maximum Gasteiger partial charge on any atom is 0.240 e. The van der Waals surface area contributed by atoms with E-state index in [1.165, 1.54) is 16.4 Å². The smallest absolute Gasteiger partial charge is 0.240 e. The largest absolute Gasteiger partial charge is 0.366 e. The standard InChI is InChI=1S/C10H8BrN5S/c1-17-8-4-2-3-7(6(8)5-12)16-9(11)14-10(13)15-16/h2-4H,1H3,(H2,13,15). The van der Waals surface area contributed by atoms with Crippen LogP contribution in [0.3, 0.4) is 0 Å². The third-order valence-corrected chi connectivity index (χ3v) is 3.44. The molecule has 0 aliphatic carbocycles. The van der Waals surface area contributed by atoms with Gasteiger partial charge in [-0.05, 0) is 34.3 Å². The second-order valence-corrected chi connectivity index (χ2v) is 4.67. The minimum atomic E-state index is 0.162. The first kappa shape index (κ1) is 12.0. The van der Waals surface area contributed by atoms with Crippen LogP contribution in [0.5, 0.6) is 0 Å². The summed E-state index contributed by atoms with van der Waals surface area (Å²) in [7, 11) is 0. The first-order valence-corrected chi connectivity index (χ1v) is 6.64. The van der Waals surface area contributed by atoms with Crippen molar-refractivity contribution in [3.8, 4) is 11.8 Å². The molecule has 17 heavy (non-hydrogen) atoms. The molecular weight excluding hydrogens is 302 g/mol. The number of thioether (sulfide) groups is 1. The van der Waals surface area contributed by atoms with Crippen LogP contribution in [0.2, 0.25) is 0 Å². The molecule has 2 rings (SSSR count). The van der Waals surface area contributed by atoms with E-state index in [1.54, 1.807) is 6.07 Å². The van der Waals surface area contributed by atoms with Gasteiger partial charge in [0.1, 0.15) is 6.07 Å². The van der Waals surface area contributed by atoms with E-state index in [0.717, 1.165) is 4.90 Å². The highest BCUT2D eigenvalue weighted by Crippen LogP contribution is 2.26. The van der Waals surface area contributed by atoms with Gasteiger partial charge in [-0.1, -0.05) is 6.07 Å². The highest BCUT2D eigenvalue weighted by atomic mass is 79.9. The van der Waals surface area contributed by atoms with E-state index < -0.39 is 0 Å². The summed E-state index contributed by atoms with van der Waals surface area (Å²) in [5, 5.41) is 13.3. The molecule has 0 atom stereocenters. The van der Waals surface area contributed by atoms with Gasteiger partial charge in [0.05, 0.1) is 11.3 Å². The Bertz CT molecular complexity index is 601. The summed E-state index contributed by atoms with van der Waals surface area (Å²) in [4.78, 5) is 4.84. The molecular formula is C10H8BrN5S. The van der Waals surface area contributed by atoms with Crippen molar-refractivity contribution in [1.29, 1.82) is 5.26 Å². The normalized spacial score (nSPS) is 10.2. The molecule has 1 aromatic carbocycles. The van der Waals surface area contributed by atoms with Gasteiger partial charge in [0.25, 0.3) is 0 Å². The molecule has 1 aromatic heterocycles. The van der Waals surface area contributed by atoms with Crippen LogP contribution in [-0.4, -0.2) is 21.0 Å². The molecule has 0 aliphatic rings. The van der Waals surface area contributed by atoms with E-state index in [0.29, 0.717) is 16.0 Å². The highest BCUT2D eigenvalue weighted by Gasteiger charge is 2.13. The first-order chi connectivity index (χ1) is 8.17. The SMILES string of the molecule is CSc1cccc(-n2nc(N)nc2Br)c1C#N.